The molecule has 2 aliphatic rings. The molecule has 2 fully saturated rings. The molecule has 1 aromatic rings. The molecule has 22 heavy (non-hydrogen) atoms. The van der Waals surface area contributed by atoms with Crippen LogP contribution in [0.5, 0.6) is 0 Å². The lowest BCUT2D eigenvalue weighted by Crippen LogP contribution is -2.36. The predicted octanol–water partition coefficient (Wildman–Crippen LogP) is 2.71. The number of piperidine rings is 1. The molecule has 3 rings (SSSR count). The van der Waals surface area contributed by atoms with Crippen LogP contribution < -0.4 is 4.90 Å². The molecule has 0 aromatic heterocycles. The zero-order valence-electron chi connectivity index (χ0n) is 12.9. The predicted molar refractivity (Wildman–Crippen MR) is 90.2 cm³/mol. The first-order valence-corrected chi connectivity index (χ1v) is 9.18. The summed E-state index contributed by atoms with van der Waals surface area (Å²) in [5, 5.41) is 9.90. The third-order valence-electron chi connectivity index (χ3n) is 4.46. The monoisotopic (exact) mass is 320 g/mol. The molecule has 1 atom stereocenters. The Morgan fingerprint density at radius 1 is 1.09 bits per heavy atom. The Hall–Kier alpha value is -1.20. The first-order valence-electron chi connectivity index (χ1n) is 8.19. The van der Waals surface area contributed by atoms with Gasteiger partial charge in [0.05, 0.1) is 5.75 Å². The second-order valence-corrected chi connectivity index (χ2v) is 7.09. The van der Waals surface area contributed by atoms with Crippen LogP contribution in [0.2, 0.25) is 0 Å². The van der Waals surface area contributed by atoms with Gasteiger partial charge in [0.1, 0.15) is 6.23 Å². The molecular formula is C17H24N2O2S. The lowest BCUT2D eigenvalue weighted by Gasteiger charge is -2.26. The van der Waals surface area contributed by atoms with Gasteiger partial charge in [-0.2, -0.15) is 0 Å². The van der Waals surface area contributed by atoms with E-state index in [2.05, 4.69) is 12.1 Å². The van der Waals surface area contributed by atoms with Crippen LogP contribution in [0.3, 0.4) is 0 Å². The van der Waals surface area contributed by atoms with E-state index in [0.29, 0.717) is 5.75 Å². The number of carbonyl (C=O) groups is 1. The number of aliphatic hydroxyl groups excluding tert-OH is 1. The van der Waals surface area contributed by atoms with E-state index in [1.165, 1.54) is 6.42 Å². The van der Waals surface area contributed by atoms with Gasteiger partial charge in [0, 0.05) is 30.2 Å². The molecule has 1 N–H and O–H groups in total. The zero-order chi connectivity index (χ0) is 15.4. The Morgan fingerprint density at radius 2 is 1.82 bits per heavy atom. The maximum atomic E-state index is 12.2. The first kappa shape index (κ1) is 15.7. The van der Waals surface area contributed by atoms with Crippen LogP contribution in [-0.4, -0.2) is 47.5 Å². The second kappa shape index (κ2) is 7.38. The maximum absolute atomic E-state index is 12.2. The summed E-state index contributed by atoms with van der Waals surface area (Å²) >= 11 is 1.60. The van der Waals surface area contributed by atoms with E-state index in [0.717, 1.165) is 55.9 Å². The number of likely N-dealkylation sites (tertiary alicyclic amines) is 1. The van der Waals surface area contributed by atoms with Crippen molar-refractivity contribution in [3.63, 3.8) is 0 Å². The number of nitrogens with zero attached hydrogens (tertiary/aromatic N) is 2. The zero-order valence-corrected chi connectivity index (χ0v) is 13.7. The number of aliphatic hydroxyl groups is 1. The summed E-state index contributed by atoms with van der Waals surface area (Å²) in [4.78, 5) is 17.3. The van der Waals surface area contributed by atoms with Gasteiger partial charge in [-0.1, -0.05) is 0 Å². The minimum absolute atomic E-state index is 0.253. The molecule has 2 heterocycles. The van der Waals surface area contributed by atoms with Crippen molar-refractivity contribution in [1.29, 1.82) is 0 Å². The minimum Gasteiger partial charge on any atom is -0.374 e. The van der Waals surface area contributed by atoms with E-state index < -0.39 is 0 Å². The van der Waals surface area contributed by atoms with Crippen LogP contribution in [0.1, 0.15) is 32.1 Å². The fourth-order valence-corrected chi connectivity index (χ4v) is 3.96. The van der Waals surface area contributed by atoms with Crippen molar-refractivity contribution < 1.29 is 9.90 Å². The van der Waals surface area contributed by atoms with Gasteiger partial charge in [0.15, 0.2) is 0 Å². The first-order chi connectivity index (χ1) is 10.7. The lowest BCUT2D eigenvalue weighted by molar-refractivity contribution is -0.129. The van der Waals surface area contributed by atoms with Crippen molar-refractivity contribution in [3.05, 3.63) is 24.3 Å². The van der Waals surface area contributed by atoms with Crippen molar-refractivity contribution in [1.82, 2.24) is 4.90 Å². The average molecular weight is 320 g/mol. The van der Waals surface area contributed by atoms with Crippen molar-refractivity contribution in [2.75, 3.05) is 30.3 Å². The fourth-order valence-electron chi connectivity index (χ4n) is 3.16. The SMILES string of the molecule is O=C(CSc1ccc(N2CCC[C@@H]2O)cc1)N1CCCCC1. The summed E-state index contributed by atoms with van der Waals surface area (Å²) in [6.07, 6.45) is 5.08. The number of rotatable bonds is 4. The van der Waals surface area contributed by atoms with Crippen LogP contribution >= 0.6 is 11.8 Å². The molecule has 5 heteroatoms. The van der Waals surface area contributed by atoms with Crippen molar-refractivity contribution in [2.24, 2.45) is 0 Å². The van der Waals surface area contributed by atoms with Gasteiger partial charge in [-0.05, 0) is 56.4 Å². The molecule has 0 unspecified atom stereocenters. The van der Waals surface area contributed by atoms with Crippen LogP contribution in [0.4, 0.5) is 5.69 Å². The highest BCUT2D eigenvalue weighted by molar-refractivity contribution is 8.00. The summed E-state index contributed by atoms with van der Waals surface area (Å²) in [5.74, 6) is 0.773. The van der Waals surface area contributed by atoms with Crippen LogP contribution in [0, 0.1) is 0 Å². The van der Waals surface area contributed by atoms with E-state index in [1.54, 1.807) is 11.8 Å². The number of hydrogen-bond acceptors (Lipinski definition) is 4. The summed E-state index contributed by atoms with van der Waals surface area (Å²) < 4.78 is 0. The number of benzene rings is 1. The molecule has 1 amide bonds. The van der Waals surface area contributed by atoms with E-state index in [1.807, 2.05) is 21.9 Å². The molecule has 0 spiro atoms. The minimum atomic E-state index is -0.348. The normalized spacial score (nSPS) is 22.1. The van der Waals surface area contributed by atoms with Gasteiger partial charge in [-0.3, -0.25) is 4.79 Å². The van der Waals surface area contributed by atoms with Crippen molar-refractivity contribution in [3.8, 4) is 0 Å². The largest absolute Gasteiger partial charge is 0.374 e. The van der Waals surface area contributed by atoms with Crippen LogP contribution in [-0.2, 0) is 4.79 Å². The number of amides is 1. The lowest BCUT2D eigenvalue weighted by atomic mass is 10.1. The van der Waals surface area contributed by atoms with E-state index in [-0.39, 0.29) is 12.1 Å². The third kappa shape index (κ3) is 3.76. The Kier molecular flexibility index (Phi) is 5.26. The van der Waals surface area contributed by atoms with Crippen molar-refractivity contribution in [2.45, 2.75) is 43.2 Å². The highest BCUT2D eigenvalue weighted by Crippen LogP contribution is 2.27. The van der Waals surface area contributed by atoms with E-state index in [9.17, 15) is 9.90 Å². The summed E-state index contributed by atoms with van der Waals surface area (Å²) in [6, 6.07) is 8.19. The summed E-state index contributed by atoms with van der Waals surface area (Å²) in [6.45, 7) is 2.76. The molecule has 2 aliphatic heterocycles. The van der Waals surface area contributed by atoms with E-state index in [4.69, 9.17) is 0 Å². The maximum Gasteiger partial charge on any atom is 0.232 e. The van der Waals surface area contributed by atoms with Gasteiger partial charge in [-0.25, -0.2) is 0 Å². The Bertz CT molecular complexity index is 500. The summed E-state index contributed by atoms with van der Waals surface area (Å²) in [5.41, 5.74) is 1.07. The smallest absolute Gasteiger partial charge is 0.232 e. The van der Waals surface area contributed by atoms with Gasteiger partial charge in [0.25, 0.3) is 0 Å². The number of thioether (sulfide) groups is 1. The molecule has 0 aliphatic carbocycles. The molecule has 2 saturated heterocycles. The van der Waals surface area contributed by atoms with Gasteiger partial charge in [-0.15, -0.1) is 11.8 Å². The van der Waals surface area contributed by atoms with Crippen LogP contribution in [0.15, 0.2) is 29.2 Å². The Morgan fingerprint density at radius 3 is 2.45 bits per heavy atom. The molecular weight excluding hydrogens is 296 g/mol. The number of anilines is 1. The number of hydrogen-bond donors (Lipinski definition) is 1. The number of carbonyl (C=O) groups excluding carboxylic acids is 1. The van der Waals surface area contributed by atoms with Gasteiger partial charge >= 0.3 is 0 Å². The van der Waals surface area contributed by atoms with Gasteiger partial charge in [0.2, 0.25) is 5.91 Å². The van der Waals surface area contributed by atoms with Crippen molar-refractivity contribution >= 4 is 23.4 Å². The van der Waals surface area contributed by atoms with Gasteiger partial charge < -0.3 is 14.9 Å². The Labute approximate surface area is 136 Å². The molecule has 120 valence electrons. The summed E-state index contributed by atoms with van der Waals surface area (Å²) in [7, 11) is 0. The van der Waals surface area contributed by atoms with Crippen LogP contribution in [0.25, 0.3) is 0 Å². The molecule has 0 saturated carbocycles. The molecule has 1 aromatic carbocycles. The third-order valence-corrected chi connectivity index (χ3v) is 5.46. The molecule has 4 nitrogen and oxygen atoms in total. The second-order valence-electron chi connectivity index (χ2n) is 6.04. The topological polar surface area (TPSA) is 43.8 Å². The standard InChI is InChI=1S/C17H24N2O2S/c20-16-5-4-12-19(16)14-6-8-15(9-7-14)22-13-17(21)18-10-2-1-3-11-18/h6-9,16,20H,1-5,10-13H2/t16-/m0/s1. The Balaban J connectivity index is 1.51. The fraction of sp³-hybridized carbons (Fsp3) is 0.588. The molecule has 0 bridgehead atoms. The van der Waals surface area contributed by atoms with E-state index >= 15 is 0 Å². The quantitative estimate of drug-likeness (QED) is 0.866. The average Bonchev–Trinajstić information content (AvgIpc) is 3.00. The highest BCUT2D eigenvalue weighted by atomic mass is 32.2. The molecule has 0 radical (unpaired) electrons. The highest BCUT2D eigenvalue weighted by Gasteiger charge is 2.22.